The third-order valence-electron chi connectivity index (χ3n) is 0.561. The molecule has 0 saturated heterocycles. The van der Waals surface area contributed by atoms with Crippen LogP contribution in [0.3, 0.4) is 0 Å². The molecule has 0 aromatic heterocycles. The van der Waals surface area contributed by atoms with Crippen LogP contribution in [0.1, 0.15) is 6.92 Å². The van der Waals surface area contributed by atoms with Crippen molar-refractivity contribution < 1.29 is 29.6 Å². The number of amides is 1. The van der Waals surface area contributed by atoms with Gasteiger partial charge in [-0.05, 0) is 6.92 Å². The lowest BCUT2D eigenvalue weighted by Gasteiger charge is -1.89. The molecule has 1 amide bonds. The van der Waals surface area contributed by atoms with Gasteiger partial charge in [-0.1, -0.05) is 6.58 Å². The number of aliphatic hydroxyl groups is 2. The lowest BCUT2D eigenvalue weighted by Crippen LogP contribution is -2.11. The molecule has 0 saturated carbocycles. The fraction of sp³-hybridized carbons (Fsp3) is 0.500. The Morgan fingerprint density at radius 2 is 1.73 bits per heavy atom. The van der Waals surface area contributed by atoms with E-state index >= 15 is 0 Å². The summed E-state index contributed by atoms with van der Waals surface area (Å²) in [7, 11) is 0. The van der Waals surface area contributed by atoms with Crippen LogP contribution in [-0.2, 0) is 9.53 Å². The summed E-state index contributed by atoms with van der Waals surface area (Å²) in [5.41, 5.74) is 4.54. The van der Waals surface area contributed by atoms with Crippen LogP contribution in [-0.4, -0.2) is 47.2 Å². The second-order valence-corrected chi connectivity index (χ2v) is 1.74. The SMILES string of the molecule is C=CC(=O)O.CCOC(N)=O.OCCO. The molecule has 0 atom stereocenters. The van der Waals surface area contributed by atoms with Crippen LogP contribution >= 0.6 is 0 Å². The number of primary amides is 1. The van der Waals surface area contributed by atoms with Crippen molar-refractivity contribution in [2.75, 3.05) is 19.8 Å². The molecule has 0 aliphatic heterocycles. The topological polar surface area (TPSA) is 130 Å². The van der Waals surface area contributed by atoms with Gasteiger partial charge in [0.05, 0.1) is 19.8 Å². The van der Waals surface area contributed by atoms with E-state index in [0.29, 0.717) is 6.61 Å². The van der Waals surface area contributed by atoms with Crippen molar-refractivity contribution in [3.8, 4) is 0 Å². The monoisotopic (exact) mass is 223 g/mol. The molecule has 0 bridgehead atoms. The highest BCUT2D eigenvalue weighted by Gasteiger charge is 1.82. The molecule has 0 unspecified atom stereocenters. The molecule has 0 radical (unpaired) electrons. The van der Waals surface area contributed by atoms with E-state index < -0.39 is 12.1 Å². The van der Waals surface area contributed by atoms with E-state index in [1.807, 2.05) is 0 Å². The Morgan fingerprint density at radius 3 is 1.73 bits per heavy atom. The van der Waals surface area contributed by atoms with E-state index in [4.69, 9.17) is 15.3 Å². The molecule has 7 nitrogen and oxygen atoms in total. The van der Waals surface area contributed by atoms with Crippen LogP contribution < -0.4 is 5.73 Å². The molecule has 0 aliphatic carbocycles. The summed E-state index contributed by atoms with van der Waals surface area (Å²) in [6, 6.07) is 0. The van der Waals surface area contributed by atoms with Gasteiger partial charge in [-0.15, -0.1) is 0 Å². The van der Waals surface area contributed by atoms with Gasteiger partial charge >= 0.3 is 12.1 Å². The van der Waals surface area contributed by atoms with E-state index in [1.54, 1.807) is 6.92 Å². The zero-order valence-corrected chi connectivity index (χ0v) is 8.55. The fourth-order valence-electron chi connectivity index (χ4n) is 0.142. The standard InChI is InChI=1S/C3H7NO2.C3H4O2.C2H6O2/c1-2-6-3(4)5;1-2-3(4)5;3-1-2-4/h2H2,1H3,(H2,4,5);2H,1H2,(H,4,5);3-4H,1-2H2. The fourth-order valence-corrected chi connectivity index (χ4v) is 0.142. The first-order valence-corrected chi connectivity index (χ1v) is 3.95. The molecule has 7 heteroatoms. The molecule has 0 spiro atoms. The normalized spacial score (nSPS) is 7.13. The summed E-state index contributed by atoms with van der Waals surface area (Å²) < 4.78 is 4.18. The minimum absolute atomic E-state index is 0.125. The van der Waals surface area contributed by atoms with E-state index in [9.17, 15) is 9.59 Å². The zero-order chi connectivity index (χ0) is 12.7. The Bertz CT molecular complexity index is 169. The Labute approximate surface area is 87.8 Å². The maximum absolute atomic E-state index is 9.60. The van der Waals surface area contributed by atoms with E-state index in [1.165, 1.54) is 0 Å². The number of carboxylic acids is 1. The highest BCUT2D eigenvalue weighted by Crippen LogP contribution is 1.66. The molecule has 0 aliphatic rings. The number of hydrogen-bond acceptors (Lipinski definition) is 5. The molecular formula is C8H17NO6. The summed E-state index contributed by atoms with van der Waals surface area (Å²) in [6.45, 7) is 4.77. The van der Waals surface area contributed by atoms with E-state index in [2.05, 4.69) is 17.0 Å². The number of aliphatic hydroxyl groups excluding tert-OH is 2. The number of nitrogens with two attached hydrogens (primary N) is 1. The van der Waals surface area contributed by atoms with Crippen LogP contribution in [0.5, 0.6) is 0 Å². The van der Waals surface area contributed by atoms with Crippen molar-refractivity contribution in [1.82, 2.24) is 0 Å². The van der Waals surface area contributed by atoms with Gasteiger partial charge in [-0.3, -0.25) is 0 Å². The maximum atomic E-state index is 9.60. The van der Waals surface area contributed by atoms with E-state index in [0.717, 1.165) is 6.08 Å². The summed E-state index contributed by atoms with van der Waals surface area (Å²) >= 11 is 0. The predicted molar refractivity (Wildman–Crippen MR) is 53.2 cm³/mol. The number of hydrogen-bond donors (Lipinski definition) is 4. The van der Waals surface area contributed by atoms with Crippen molar-refractivity contribution in [1.29, 1.82) is 0 Å². The van der Waals surface area contributed by atoms with Gasteiger partial charge in [0.2, 0.25) is 0 Å². The van der Waals surface area contributed by atoms with Crippen molar-refractivity contribution >= 4 is 12.1 Å². The van der Waals surface area contributed by atoms with Crippen LogP contribution in [0.25, 0.3) is 0 Å². The molecule has 0 fully saturated rings. The van der Waals surface area contributed by atoms with Gasteiger partial charge in [0.1, 0.15) is 0 Å². The summed E-state index contributed by atoms with van der Waals surface area (Å²) in [5, 5.41) is 22.9. The van der Waals surface area contributed by atoms with Crippen molar-refractivity contribution in [3.63, 3.8) is 0 Å². The van der Waals surface area contributed by atoms with Gasteiger partial charge in [0.25, 0.3) is 0 Å². The molecular weight excluding hydrogens is 206 g/mol. The van der Waals surface area contributed by atoms with Gasteiger partial charge in [0, 0.05) is 6.08 Å². The highest BCUT2D eigenvalue weighted by atomic mass is 16.5. The van der Waals surface area contributed by atoms with Crippen LogP contribution in [0, 0.1) is 0 Å². The van der Waals surface area contributed by atoms with E-state index in [-0.39, 0.29) is 13.2 Å². The second kappa shape index (κ2) is 18.2. The average molecular weight is 223 g/mol. The number of carbonyl (C=O) groups excluding carboxylic acids is 1. The smallest absolute Gasteiger partial charge is 0.404 e. The molecule has 0 aromatic carbocycles. The number of carbonyl (C=O) groups is 2. The van der Waals surface area contributed by atoms with Crippen LogP contribution in [0.4, 0.5) is 4.79 Å². The number of aliphatic carboxylic acids is 1. The predicted octanol–water partition coefficient (Wildman–Crippen LogP) is -0.670. The minimum Gasteiger partial charge on any atom is -0.478 e. The number of rotatable bonds is 3. The Morgan fingerprint density at radius 1 is 1.40 bits per heavy atom. The van der Waals surface area contributed by atoms with Crippen molar-refractivity contribution in [3.05, 3.63) is 12.7 Å². The van der Waals surface area contributed by atoms with Crippen molar-refractivity contribution in [2.24, 2.45) is 5.73 Å². The molecule has 0 aromatic rings. The van der Waals surface area contributed by atoms with Crippen LogP contribution in [0.2, 0.25) is 0 Å². The lowest BCUT2D eigenvalue weighted by molar-refractivity contribution is -0.131. The number of carboxylic acid groups (broad SMARTS) is 1. The summed E-state index contributed by atoms with van der Waals surface area (Å²) in [5.74, 6) is -0.981. The van der Waals surface area contributed by atoms with Gasteiger partial charge < -0.3 is 25.8 Å². The number of ether oxygens (including phenoxy) is 1. The molecule has 90 valence electrons. The second-order valence-electron chi connectivity index (χ2n) is 1.74. The van der Waals surface area contributed by atoms with Crippen LogP contribution in [0.15, 0.2) is 12.7 Å². The first-order chi connectivity index (χ1) is 6.95. The Hall–Kier alpha value is -1.60. The molecule has 15 heavy (non-hydrogen) atoms. The summed E-state index contributed by atoms with van der Waals surface area (Å²) in [4.78, 5) is 18.8. The third kappa shape index (κ3) is 69.3. The molecule has 5 N–H and O–H groups in total. The lowest BCUT2D eigenvalue weighted by atomic mass is 10.7. The van der Waals surface area contributed by atoms with Gasteiger partial charge in [-0.25, -0.2) is 9.59 Å². The Balaban J connectivity index is -0.000000147. The third-order valence-corrected chi connectivity index (χ3v) is 0.561. The first kappa shape index (κ1) is 19.0. The van der Waals surface area contributed by atoms with Crippen molar-refractivity contribution in [2.45, 2.75) is 6.92 Å². The van der Waals surface area contributed by atoms with Gasteiger partial charge in [-0.2, -0.15) is 0 Å². The molecule has 0 rings (SSSR count). The quantitative estimate of drug-likeness (QED) is 0.469. The summed E-state index contributed by atoms with van der Waals surface area (Å²) in [6.07, 6.45) is 0.123. The Kier molecular flexibility index (Phi) is 23.2. The zero-order valence-electron chi connectivity index (χ0n) is 8.55. The minimum atomic E-state index is -0.981. The maximum Gasteiger partial charge on any atom is 0.404 e. The van der Waals surface area contributed by atoms with Gasteiger partial charge in [0.15, 0.2) is 0 Å². The first-order valence-electron chi connectivity index (χ1n) is 3.95. The average Bonchev–Trinajstić information content (AvgIpc) is 2.19. The molecule has 0 heterocycles. The highest BCUT2D eigenvalue weighted by molar-refractivity contribution is 5.78. The largest absolute Gasteiger partial charge is 0.478 e.